The van der Waals surface area contributed by atoms with Crippen molar-refractivity contribution in [2.45, 2.75) is 50.3 Å². The van der Waals surface area contributed by atoms with E-state index in [2.05, 4.69) is 20.2 Å². The van der Waals surface area contributed by atoms with Gasteiger partial charge in [-0.1, -0.05) is 22.8 Å². The summed E-state index contributed by atoms with van der Waals surface area (Å²) in [6, 6.07) is 6.00. The van der Waals surface area contributed by atoms with E-state index in [-0.39, 0.29) is 40.2 Å². The van der Waals surface area contributed by atoms with Crippen molar-refractivity contribution < 1.29 is 19.1 Å². The predicted molar refractivity (Wildman–Crippen MR) is 128 cm³/mol. The van der Waals surface area contributed by atoms with Gasteiger partial charge in [0.2, 0.25) is 0 Å². The van der Waals surface area contributed by atoms with Gasteiger partial charge in [0, 0.05) is 24.7 Å². The standard InChI is InChI=1S/C24H22BClFN5O3/c1-23(2,33)12-24(25,34)32-20(13-7-8-13)14(11-30-32)21-18(22-28-9-4-10-29-22)19(31-35-21)17-15(26)5-3-6-16(17)27/h3-6,9-11,13,33-34H,7-8,12H2,1-2H3. The van der Waals surface area contributed by atoms with Gasteiger partial charge in [-0.15, -0.1) is 0 Å². The Kier molecular flexibility index (Phi) is 5.78. The number of benzene rings is 1. The monoisotopic (exact) mass is 493 g/mol. The van der Waals surface area contributed by atoms with Gasteiger partial charge in [-0.2, -0.15) is 5.10 Å². The Morgan fingerprint density at radius 1 is 1.17 bits per heavy atom. The first kappa shape index (κ1) is 23.7. The molecule has 1 atom stereocenters. The van der Waals surface area contributed by atoms with Crippen LogP contribution in [-0.4, -0.2) is 48.6 Å². The molecule has 3 aromatic heterocycles. The Morgan fingerprint density at radius 2 is 1.89 bits per heavy atom. The van der Waals surface area contributed by atoms with Crippen molar-refractivity contribution in [1.29, 1.82) is 0 Å². The minimum Gasteiger partial charge on any atom is -0.390 e. The van der Waals surface area contributed by atoms with Gasteiger partial charge in [-0.3, -0.25) is 0 Å². The second kappa shape index (κ2) is 8.55. The van der Waals surface area contributed by atoms with Crippen LogP contribution in [0.5, 0.6) is 0 Å². The fourth-order valence-electron chi connectivity index (χ4n) is 4.31. The Balaban J connectivity index is 1.74. The molecule has 8 nitrogen and oxygen atoms in total. The molecule has 1 saturated carbocycles. The molecule has 2 N–H and O–H groups in total. The second-order valence-corrected chi connectivity index (χ2v) is 9.81. The zero-order chi connectivity index (χ0) is 25.0. The third kappa shape index (κ3) is 4.49. The molecule has 11 heteroatoms. The van der Waals surface area contributed by atoms with Gasteiger partial charge in [0.05, 0.1) is 39.2 Å². The van der Waals surface area contributed by atoms with E-state index < -0.39 is 17.0 Å². The molecule has 178 valence electrons. The molecule has 1 unspecified atom stereocenters. The predicted octanol–water partition coefficient (Wildman–Crippen LogP) is 4.26. The minimum atomic E-state index is -1.96. The van der Waals surface area contributed by atoms with Gasteiger partial charge in [0.1, 0.15) is 25.0 Å². The number of rotatable bonds is 7. The lowest BCUT2D eigenvalue weighted by atomic mass is 9.81. The van der Waals surface area contributed by atoms with Gasteiger partial charge in [-0.25, -0.2) is 19.0 Å². The summed E-state index contributed by atoms with van der Waals surface area (Å²) in [5.74, 6) is -0.0153. The highest BCUT2D eigenvalue weighted by molar-refractivity contribution is 6.33. The molecule has 1 fully saturated rings. The van der Waals surface area contributed by atoms with E-state index in [9.17, 15) is 14.6 Å². The lowest BCUT2D eigenvalue weighted by Gasteiger charge is -2.32. The van der Waals surface area contributed by atoms with E-state index in [0.29, 0.717) is 16.8 Å². The van der Waals surface area contributed by atoms with Gasteiger partial charge in [0.15, 0.2) is 11.6 Å². The van der Waals surface area contributed by atoms with Crippen LogP contribution in [0.3, 0.4) is 0 Å². The lowest BCUT2D eigenvalue weighted by molar-refractivity contribution is -0.0485. The van der Waals surface area contributed by atoms with Crippen LogP contribution in [0, 0.1) is 5.82 Å². The second-order valence-electron chi connectivity index (χ2n) is 9.40. The number of aliphatic hydroxyl groups is 2. The Morgan fingerprint density at radius 3 is 2.51 bits per heavy atom. The summed E-state index contributed by atoms with van der Waals surface area (Å²) in [6.07, 6.45) is 6.17. The molecule has 4 aromatic rings. The zero-order valence-corrected chi connectivity index (χ0v) is 19.9. The Bertz CT molecular complexity index is 1360. The van der Waals surface area contributed by atoms with Gasteiger partial charge in [0.25, 0.3) is 0 Å². The quantitative estimate of drug-likeness (QED) is 0.370. The van der Waals surface area contributed by atoms with Crippen molar-refractivity contribution in [3.63, 3.8) is 0 Å². The van der Waals surface area contributed by atoms with Gasteiger partial charge in [-0.05, 0) is 44.9 Å². The molecule has 0 bridgehead atoms. The Hall–Kier alpha value is -3.08. The van der Waals surface area contributed by atoms with Crippen LogP contribution >= 0.6 is 11.6 Å². The van der Waals surface area contributed by atoms with E-state index >= 15 is 0 Å². The number of hydrogen-bond donors (Lipinski definition) is 2. The molecular weight excluding hydrogens is 472 g/mol. The molecule has 1 aromatic carbocycles. The van der Waals surface area contributed by atoms with Crippen molar-refractivity contribution >= 4 is 19.4 Å². The number of nitrogens with zero attached hydrogens (tertiary/aromatic N) is 5. The first-order chi connectivity index (χ1) is 16.6. The Labute approximate surface area is 207 Å². The fourth-order valence-corrected chi connectivity index (χ4v) is 4.56. The average Bonchev–Trinajstić information content (AvgIpc) is 3.36. The largest absolute Gasteiger partial charge is 0.390 e. The van der Waals surface area contributed by atoms with E-state index in [1.54, 1.807) is 38.4 Å². The first-order valence-electron chi connectivity index (χ1n) is 11.1. The molecule has 2 radical (unpaired) electrons. The fraction of sp³-hybridized carbons (Fsp3) is 0.333. The van der Waals surface area contributed by atoms with Crippen molar-refractivity contribution in [2.24, 2.45) is 0 Å². The smallest absolute Gasteiger partial charge is 0.182 e. The van der Waals surface area contributed by atoms with Crippen molar-refractivity contribution in [2.75, 3.05) is 0 Å². The van der Waals surface area contributed by atoms with Crippen LogP contribution in [0.4, 0.5) is 4.39 Å². The van der Waals surface area contributed by atoms with E-state index in [1.807, 2.05) is 0 Å². The van der Waals surface area contributed by atoms with Crippen LogP contribution in [0.25, 0.3) is 34.0 Å². The molecule has 0 saturated heterocycles. The topological polar surface area (TPSA) is 110 Å². The van der Waals surface area contributed by atoms with Crippen LogP contribution < -0.4 is 0 Å². The summed E-state index contributed by atoms with van der Waals surface area (Å²) in [7, 11) is 6.23. The average molecular weight is 494 g/mol. The summed E-state index contributed by atoms with van der Waals surface area (Å²) in [6.45, 7) is 3.11. The summed E-state index contributed by atoms with van der Waals surface area (Å²) >= 11 is 6.34. The van der Waals surface area contributed by atoms with Crippen molar-refractivity contribution in [3.8, 4) is 34.0 Å². The van der Waals surface area contributed by atoms with Gasteiger partial charge < -0.3 is 14.7 Å². The molecule has 1 aliphatic rings. The molecule has 1 aliphatic carbocycles. The molecule has 0 amide bonds. The number of hydrogen-bond acceptors (Lipinski definition) is 7. The zero-order valence-electron chi connectivity index (χ0n) is 19.1. The summed E-state index contributed by atoms with van der Waals surface area (Å²) < 4.78 is 22.0. The molecular formula is C24H22BClFN5O3. The maximum Gasteiger partial charge on any atom is 0.182 e. The maximum atomic E-state index is 14.9. The summed E-state index contributed by atoms with van der Waals surface area (Å²) in [4.78, 5) is 8.67. The third-order valence-electron chi connectivity index (χ3n) is 5.76. The van der Waals surface area contributed by atoms with Crippen LogP contribution in [0.15, 0.2) is 47.4 Å². The highest BCUT2D eigenvalue weighted by Gasteiger charge is 2.40. The number of halogens is 2. The van der Waals surface area contributed by atoms with Crippen LogP contribution in [0.1, 0.15) is 44.7 Å². The first-order valence-corrected chi connectivity index (χ1v) is 11.5. The van der Waals surface area contributed by atoms with Crippen LogP contribution in [-0.2, 0) is 5.62 Å². The third-order valence-corrected chi connectivity index (χ3v) is 6.07. The highest BCUT2D eigenvalue weighted by Crippen LogP contribution is 2.49. The number of aromatic nitrogens is 5. The van der Waals surface area contributed by atoms with E-state index in [1.165, 1.54) is 23.0 Å². The molecule has 35 heavy (non-hydrogen) atoms. The summed E-state index contributed by atoms with van der Waals surface area (Å²) in [5, 5.41) is 30.0. The van der Waals surface area contributed by atoms with Gasteiger partial charge >= 0.3 is 0 Å². The molecule has 5 rings (SSSR count). The normalized spacial score (nSPS) is 15.8. The summed E-state index contributed by atoms with van der Waals surface area (Å²) in [5.41, 5.74) is -1.54. The van der Waals surface area contributed by atoms with E-state index in [4.69, 9.17) is 24.0 Å². The SMILES string of the molecule is [B]C(O)(CC(C)(C)O)n1ncc(-c2onc(-c3c(F)cccc3Cl)c2-c2ncccn2)c1C1CC1. The molecule has 0 aliphatic heterocycles. The molecule has 0 spiro atoms. The highest BCUT2D eigenvalue weighted by atomic mass is 35.5. The van der Waals surface area contributed by atoms with Crippen molar-refractivity contribution in [3.05, 3.63) is 59.4 Å². The lowest BCUT2D eigenvalue weighted by Crippen LogP contribution is -2.42. The molecule has 3 heterocycles. The van der Waals surface area contributed by atoms with E-state index in [0.717, 1.165) is 12.8 Å². The van der Waals surface area contributed by atoms with Crippen LogP contribution in [0.2, 0.25) is 5.02 Å². The van der Waals surface area contributed by atoms with Crippen molar-refractivity contribution in [1.82, 2.24) is 24.9 Å². The minimum absolute atomic E-state index is 0.0551. The maximum absolute atomic E-state index is 14.9.